The first-order chi connectivity index (χ1) is 5.73. The maximum absolute atomic E-state index is 5.41. The molecule has 0 atom stereocenters. The van der Waals surface area contributed by atoms with E-state index in [1.165, 1.54) is 0 Å². The molecule has 0 bridgehead atoms. The van der Waals surface area contributed by atoms with Gasteiger partial charge in [0, 0.05) is 27.3 Å². The monoisotopic (exact) mass is 191 g/mol. The maximum Gasteiger partial charge on any atom is 0.424 e. The van der Waals surface area contributed by atoms with Gasteiger partial charge in [0.25, 0.3) is 0 Å². The minimum Gasteiger partial charge on any atom is -0.386 e. The van der Waals surface area contributed by atoms with Crippen molar-refractivity contribution in [2.24, 2.45) is 0 Å². The third-order valence-electron chi connectivity index (χ3n) is 2.34. The van der Waals surface area contributed by atoms with Gasteiger partial charge in [0.05, 0.1) is 13.2 Å². The Morgan fingerprint density at radius 2 is 1.67 bits per heavy atom. The minimum absolute atomic E-state index is 0.787. The molecule has 1 fully saturated rings. The molecule has 4 nitrogen and oxygen atoms in total. The molecule has 1 rings (SSSR count). The molecule has 1 heterocycles. The molecule has 1 aliphatic heterocycles. The van der Waals surface area contributed by atoms with E-state index in [1.807, 2.05) is 0 Å². The van der Waals surface area contributed by atoms with Gasteiger partial charge < -0.3 is 13.6 Å². The standard InChI is InChI=1S/C7H17NO3Si/c1-9-12(3,10-2)8-4-6-11-7-5-8/h4-7H2,1-3H3. The minimum atomic E-state index is -2.04. The van der Waals surface area contributed by atoms with Crippen LogP contribution in [0, 0.1) is 0 Å². The molecule has 0 spiro atoms. The van der Waals surface area contributed by atoms with Crippen LogP contribution >= 0.6 is 0 Å². The normalized spacial score (nSPS) is 21.2. The van der Waals surface area contributed by atoms with E-state index in [-0.39, 0.29) is 0 Å². The second-order valence-corrected chi connectivity index (χ2v) is 6.15. The third kappa shape index (κ3) is 2.05. The lowest BCUT2D eigenvalue weighted by molar-refractivity contribution is 0.0423. The van der Waals surface area contributed by atoms with E-state index < -0.39 is 8.72 Å². The molecule has 0 amide bonds. The average Bonchev–Trinajstić information content (AvgIpc) is 2.18. The smallest absolute Gasteiger partial charge is 0.386 e. The van der Waals surface area contributed by atoms with Crippen molar-refractivity contribution in [1.29, 1.82) is 0 Å². The van der Waals surface area contributed by atoms with E-state index in [4.69, 9.17) is 13.6 Å². The zero-order chi connectivity index (χ0) is 9.03. The van der Waals surface area contributed by atoms with Gasteiger partial charge in [-0.1, -0.05) is 0 Å². The maximum atomic E-state index is 5.41. The quantitative estimate of drug-likeness (QED) is 0.596. The molecule has 0 aromatic carbocycles. The fourth-order valence-corrected chi connectivity index (χ4v) is 2.99. The Hall–Kier alpha value is 0.0569. The Labute approximate surface area is 74.7 Å². The molecule has 0 aromatic rings. The summed E-state index contributed by atoms with van der Waals surface area (Å²) in [5.74, 6) is 0. The van der Waals surface area contributed by atoms with E-state index in [2.05, 4.69) is 11.1 Å². The topological polar surface area (TPSA) is 30.9 Å². The lowest BCUT2D eigenvalue weighted by Crippen LogP contribution is -2.58. The summed E-state index contributed by atoms with van der Waals surface area (Å²) >= 11 is 0. The first-order valence-corrected chi connectivity index (χ1v) is 6.42. The fourth-order valence-electron chi connectivity index (χ4n) is 1.31. The molecule has 0 radical (unpaired) electrons. The summed E-state index contributed by atoms with van der Waals surface area (Å²) in [7, 11) is 1.38. The molecule has 0 unspecified atom stereocenters. The van der Waals surface area contributed by atoms with Crippen LogP contribution in [0.4, 0.5) is 0 Å². The molecule has 12 heavy (non-hydrogen) atoms. The van der Waals surface area contributed by atoms with Crippen LogP contribution in [0.15, 0.2) is 0 Å². The summed E-state index contributed by atoms with van der Waals surface area (Å²) in [6.07, 6.45) is 0. The number of morpholine rings is 1. The molecule has 1 saturated heterocycles. The van der Waals surface area contributed by atoms with Crippen LogP contribution in [0.25, 0.3) is 0 Å². The first-order valence-electron chi connectivity index (χ1n) is 4.16. The van der Waals surface area contributed by atoms with Crippen molar-refractivity contribution in [3.05, 3.63) is 0 Å². The predicted molar refractivity (Wildman–Crippen MR) is 48.0 cm³/mol. The second kappa shape index (κ2) is 4.34. The zero-order valence-electron chi connectivity index (χ0n) is 8.00. The van der Waals surface area contributed by atoms with Crippen molar-refractivity contribution in [3.8, 4) is 0 Å². The number of nitrogens with zero attached hydrogens (tertiary/aromatic N) is 1. The van der Waals surface area contributed by atoms with Crippen molar-refractivity contribution in [3.63, 3.8) is 0 Å². The third-order valence-corrected chi connectivity index (χ3v) is 5.45. The van der Waals surface area contributed by atoms with Gasteiger partial charge in [-0.25, -0.2) is 0 Å². The Balaban J connectivity index is 2.51. The van der Waals surface area contributed by atoms with Crippen LogP contribution < -0.4 is 0 Å². The van der Waals surface area contributed by atoms with Gasteiger partial charge in [0.1, 0.15) is 0 Å². The van der Waals surface area contributed by atoms with Gasteiger partial charge in [-0.05, 0) is 6.55 Å². The summed E-state index contributed by atoms with van der Waals surface area (Å²) in [4.78, 5) is 0. The Morgan fingerprint density at radius 1 is 1.17 bits per heavy atom. The summed E-state index contributed by atoms with van der Waals surface area (Å²) < 4.78 is 18.3. The van der Waals surface area contributed by atoms with Gasteiger partial charge >= 0.3 is 8.72 Å². The van der Waals surface area contributed by atoms with E-state index in [0.717, 1.165) is 26.3 Å². The van der Waals surface area contributed by atoms with Crippen molar-refractivity contribution in [2.75, 3.05) is 40.5 Å². The molecular formula is C7H17NO3Si. The van der Waals surface area contributed by atoms with Crippen LogP contribution in [-0.2, 0) is 13.6 Å². The molecule has 0 aliphatic carbocycles. The van der Waals surface area contributed by atoms with Crippen molar-refractivity contribution in [1.82, 2.24) is 4.57 Å². The van der Waals surface area contributed by atoms with Gasteiger partial charge in [-0.15, -0.1) is 0 Å². The molecule has 0 N–H and O–H groups in total. The van der Waals surface area contributed by atoms with Gasteiger partial charge in [-0.3, -0.25) is 4.57 Å². The lowest BCUT2D eigenvalue weighted by Gasteiger charge is -2.37. The van der Waals surface area contributed by atoms with Gasteiger partial charge in [-0.2, -0.15) is 0 Å². The zero-order valence-corrected chi connectivity index (χ0v) is 9.00. The molecule has 5 heteroatoms. The summed E-state index contributed by atoms with van der Waals surface area (Å²) in [6, 6.07) is 0. The van der Waals surface area contributed by atoms with E-state index in [0.29, 0.717) is 0 Å². The average molecular weight is 191 g/mol. The van der Waals surface area contributed by atoms with Crippen molar-refractivity contribution >= 4 is 8.72 Å². The molecule has 72 valence electrons. The van der Waals surface area contributed by atoms with Crippen LogP contribution in [0.5, 0.6) is 0 Å². The lowest BCUT2D eigenvalue weighted by atomic mass is 10.5. The molecular weight excluding hydrogens is 174 g/mol. The van der Waals surface area contributed by atoms with Crippen LogP contribution in [0.1, 0.15) is 0 Å². The first kappa shape index (κ1) is 10.1. The van der Waals surface area contributed by atoms with E-state index in [9.17, 15) is 0 Å². The van der Waals surface area contributed by atoms with Crippen LogP contribution in [0.3, 0.4) is 0 Å². The van der Waals surface area contributed by atoms with Gasteiger partial charge in [0.2, 0.25) is 0 Å². The summed E-state index contributed by atoms with van der Waals surface area (Å²) in [5, 5.41) is 0. The molecule has 1 aliphatic rings. The largest absolute Gasteiger partial charge is 0.424 e. The fraction of sp³-hybridized carbons (Fsp3) is 1.00. The second-order valence-electron chi connectivity index (χ2n) is 2.91. The number of ether oxygens (including phenoxy) is 1. The predicted octanol–water partition coefficient (Wildman–Crippen LogP) is 0.180. The van der Waals surface area contributed by atoms with Crippen molar-refractivity contribution < 1.29 is 13.6 Å². The number of hydrogen-bond donors (Lipinski definition) is 0. The van der Waals surface area contributed by atoms with Crippen LogP contribution in [0.2, 0.25) is 6.55 Å². The highest BCUT2D eigenvalue weighted by Crippen LogP contribution is 2.13. The number of hydrogen-bond acceptors (Lipinski definition) is 4. The SMILES string of the molecule is CO[Si](C)(OC)N1CCOCC1. The number of rotatable bonds is 3. The van der Waals surface area contributed by atoms with E-state index in [1.54, 1.807) is 14.2 Å². The summed E-state index contributed by atoms with van der Waals surface area (Å²) in [5.41, 5.74) is 0. The van der Waals surface area contributed by atoms with Crippen LogP contribution in [-0.4, -0.2) is 53.8 Å². The van der Waals surface area contributed by atoms with E-state index >= 15 is 0 Å². The Bertz CT molecular complexity index is 135. The highest BCUT2D eigenvalue weighted by atomic mass is 28.4. The van der Waals surface area contributed by atoms with Gasteiger partial charge in [0.15, 0.2) is 0 Å². The highest BCUT2D eigenvalue weighted by molar-refractivity contribution is 6.63. The Kier molecular flexibility index (Phi) is 3.67. The Morgan fingerprint density at radius 3 is 2.08 bits per heavy atom. The highest BCUT2D eigenvalue weighted by Gasteiger charge is 2.38. The summed E-state index contributed by atoms with van der Waals surface area (Å²) in [6.45, 7) is 5.47. The van der Waals surface area contributed by atoms with Crippen molar-refractivity contribution in [2.45, 2.75) is 6.55 Å². The molecule has 0 saturated carbocycles. The molecule has 0 aromatic heterocycles.